The fourth-order valence-electron chi connectivity index (χ4n) is 4.13. The molecule has 5 nitrogen and oxygen atoms in total. The summed E-state index contributed by atoms with van der Waals surface area (Å²) in [6.07, 6.45) is -0.444. The van der Waals surface area contributed by atoms with Crippen LogP contribution >= 0.6 is 0 Å². The SMILES string of the molecule is CC1OCC2(c3ccccc3F)N=C(NC(=O)c3ccccc3)OC(C)C12. The predicted octanol–water partition coefficient (Wildman–Crippen LogP) is 3.26. The number of aliphatic imine (C=N–C) groups is 1. The zero-order valence-corrected chi connectivity index (χ0v) is 15.2. The maximum absolute atomic E-state index is 14.7. The summed E-state index contributed by atoms with van der Waals surface area (Å²) >= 11 is 0. The van der Waals surface area contributed by atoms with E-state index in [9.17, 15) is 9.18 Å². The standard InChI is InChI=1S/C21H21FN2O3/c1-13-18-14(2)27-20(23-19(25)15-8-4-3-5-9-15)24-21(18,12-26-13)16-10-6-7-11-17(16)22/h3-11,13-14,18H,12H2,1-2H3,(H,23,24,25). The molecule has 2 aliphatic rings. The molecule has 27 heavy (non-hydrogen) atoms. The van der Waals surface area contributed by atoms with Crippen molar-refractivity contribution in [2.45, 2.75) is 31.6 Å². The Balaban J connectivity index is 1.74. The average Bonchev–Trinajstić information content (AvgIpc) is 3.01. The molecule has 4 unspecified atom stereocenters. The molecule has 2 aliphatic heterocycles. The van der Waals surface area contributed by atoms with Gasteiger partial charge in [0.15, 0.2) is 0 Å². The number of hydrogen-bond acceptors (Lipinski definition) is 4. The van der Waals surface area contributed by atoms with Crippen LogP contribution in [-0.2, 0) is 15.0 Å². The summed E-state index contributed by atoms with van der Waals surface area (Å²) in [7, 11) is 0. The summed E-state index contributed by atoms with van der Waals surface area (Å²) in [4.78, 5) is 17.2. The molecule has 0 aromatic heterocycles. The molecule has 2 aromatic carbocycles. The Labute approximate surface area is 157 Å². The van der Waals surface area contributed by atoms with Gasteiger partial charge in [-0.1, -0.05) is 36.4 Å². The molecule has 0 aliphatic carbocycles. The number of carbonyl (C=O) groups excluding carboxylic acids is 1. The monoisotopic (exact) mass is 368 g/mol. The fraction of sp³-hybridized carbons (Fsp3) is 0.333. The van der Waals surface area contributed by atoms with Crippen LogP contribution in [-0.4, -0.2) is 30.7 Å². The van der Waals surface area contributed by atoms with Crippen LogP contribution in [0, 0.1) is 11.7 Å². The van der Waals surface area contributed by atoms with Crippen molar-refractivity contribution in [3.8, 4) is 0 Å². The maximum Gasteiger partial charge on any atom is 0.292 e. The number of ether oxygens (including phenoxy) is 2. The Kier molecular flexibility index (Phi) is 4.44. The van der Waals surface area contributed by atoms with E-state index in [0.29, 0.717) is 11.1 Å². The molecule has 2 aromatic rings. The number of fused-ring (bicyclic) bond motifs is 1. The lowest BCUT2D eigenvalue weighted by Gasteiger charge is -2.40. The number of amidine groups is 1. The summed E-state index contributed by atoms with van der Waals surface area (Å²) in [5.74, 6) is -0.825. The van der Waals surface area contributed by atoms with Crippen LogP contribution in [0.1, 0.15) is 29.8 Å². The van der Waals surface area contributed by atoms with Crippen LogP contribution in [0.3, 0.4) is 0 Å². The van der Waals surface area contributed by atoms with Gasteiger partial charge in [0.1, 0.15) is 17.5 Å². The lowest BCUT2D eigenvalue weighted by Crippen LogP contribution is -2.51. The van der Waals surface area contributed by atoms with E-state index in [-0.39, 0.29) is 42.5 Å². The molecule has 140 valence electrons. The van der Waals surface area contributed by atoms with Crippen molar-refractivity contribution in [2.75, 3.05) is 6.61 Å². The van der Waals surface area contributed by atoms with E-state index in [1.165, 1.54) is 6.07 Å². The summed E-state index contributed by atoms with van der Waals surface area (Å²) in [5.41, 5.74) is 0.0253. The van der Waals surface area contributed by atoms with Gasteiger partial charge in [0, 0.05) is 11.1 Å². The van der Waals surface area contributed by atoms with Gasteiger partial charge in [0.25, 0.3) is 11.9 Å². The number of nitrogens with one attached hydrogen (secondary N) is 1. The summed E-state index contributed by atoms with van der Waals surface area (Å²) in [5, 5.41) is 2.72. The largest absolute Gasteiger partial charge is 0.461 e. The van der Waals surface area contributed by atoms with Crippen molar-refractivity contribution in [1.29, 1.82) is 0 Å². The third-order valence-corrected chi connectivity index (χ3v) is 5.32. The van der Waals surface area contributed by atoms with E-state index in [1.54, 1.807) is 42.5 Å². The fourth-order valence-corrected chi connectivity index (χ4v) is 4.13. The van der Waals surface area contributed by atoms with Gasteiger partial charge < -0.3 is 9.47 Å². The molecule has 0 radical (unpaired) electrons. The van der Waals surface area contributed by atoms with Crippen molar-refractivity contribution in [2.24, 2.45) is 10.9 Å². The molecule has 6 heteroatoms. The molecule has 0 bridgehead atoms. The van der Waals surface area contributed by atoms with Gasteiger partial charge in [-0.25, -0.2) is 9.38 Å². The number of amides is 1. The van der Waals surface area contributed by atoms with E-state index in [4.69, 9.17) is 9.47 Å². The molecule has 1 N–H and O–H groups in total. The smallest absolute Gasteiger partial charge is 0.292 e. The van der Waals surface area contributed by atoms with Gasteiger partial charge in [-0.15, -0.1) is 0 Å². The second-order valence-corrected chi connectivity index (χ2v) is 7.01. The number of halogens is 1. The zero-order valence-electron chi connectivity index (χ0n) is 15.2. The van der Waals surface area contributed by atoms with Crippen molar-refractivity contribution in [3.63, 3.8) is 0 Å². The van der Waals surface area contributed by atoms with Gasteiger partial charge in [0.2, 0.25) is 0 Å². The lowest BCUT2D eigenvalue weighted by atomic mass is 9.75. The van der Waals surface area contributed by atoms with Crippen LogP contribution in [0.4, 0.5) is 4.39 Å². The highest BCUT2D eigenvalue weighted by Gasteiger charge is 2.56. The first-order chi connectivity index (χ1) is 13.0. The number of hydrogen-bond donors (Lipinski definition) is 1. The second kappa shape index (κ2) is 6.78. The van der Waals surface area contributed by atoms with Gasteiger partial charge >= 0.3 is 0 Å². The van der Waals surface area contributed by atoms with Crippen molar-refractivity contribution in [3.05, 3.63) is 71.5 Å². The number of nitrogens with zero attached hydrogens (tertiary/aromatic N) is 1. The lowest BCUT2D eigenvalue weighted by molar-refractivity contribution is 0.0389. The third kappa shape index (κ3) is 3.00. The molecule has 4 atom stereocenters. The average molecular weight is 368 g/mol. The number of rotatable bonds is 2. The number of benzene rings is 2. The normalized spacial score (nSPS) is 29.4. The highest BCUT2D eigenvalue weighted by molar-refractivity contribution is 6.04. The first-order valence-corrected chi connectivity index (χ1v) is 9.01. The topological polar surface area (TPSA) is 59.9 Å². The van der Waals surface area contributed by atoms with Crippen LogP contribution in [0.25, 0.3) is 0 Å². The Bertz CT molecular complexity index is 886. The quantitative estimate of drug-likeness (QED) is 0.885. The van der Waals surface area contributed by atoms with Crippen molar-refractivity contribution in [1.82, 2.24) is 5.32 Å². The van der Waals surface area contributed by atoms with E-state index in [0.717, 1.165) is 0 Å². The first-order valence-electron chi connectivity index (χ1n) is 9.01. The van der Waals surface area contributed by atoms with Gasteiger partial charge in [-0.3, -0.25) is 10.1 Å². The Morgan fingerprint density at radius 3 is 2.56 bits per heavy atom. The van der Waals surface area contributed by atoms with Crippen LogP contribution in [0.5, 0.6) is 0 Å². The van der Waals surface area contributed by atoms with Crippen LogP contribution in [0.2, 0.25) is 0 Å². The van der Waals surface area contributed by atoms with Crippen molar-refractivity contribution < 1.29 is 18.7 Å². The van der Waals surface area contributed by atoms with Crippen LogP contribution < -0.4 is 5.32 Å². The highest BCUT2D eigenvalue weighted by atomic mass is 19.1. The minimum absolute atomic E-state index is 0.0913. The predicted molar refractivity (Wildman–Crippen MR) is 98.9 cm³/mol. The molecule has 0 spiro atoms. The molecular weight excluding hydrogens is 347 g/mol. The zero-order chi connectivity index (χ0) is 19.0. The number of carbonyl (C=O) groups is 1. The first kappa shape index (κ1) is 17.7. The molecular formula is C21H21FN2O3. The Morgan fingerprint density at radius 2 is 1.81 bits per heavy atom. The van der Waals surface area contributed by atoms with Crippen molar-refractivity contribution >= 4 is 11.9 Å². The van der Waals surface area contributed by atoms with Gasteiger partial charge in [-0.05, 0) is 32.0 Å². The second-order valence-electron chi connectivity index (χ2n) is 7.01. The van der Waals surface area contributed by atoms with Gasteiger partial charge in [-0.2, -0.15) is 0 Å². The van der Waals surface area contributed by atoms with Crippen LogP contribution in [0.15, 0.2) is 59.6 Å². The molecule has 0 saturated carbocycles. The summed E-state index contributed by atoms with van der Waals surface area (Å²) < 4.78 is 26.4. The van der Waals surface area contributed by atoms with Gasteiger partial charge in [0.05, 0.1) is 18.6 Å². The van der Waals surface area contributed by atoms with E-state index < -0.39 is 5.54 Å². The molecule has 4 rings (SSSR count). The molecule has 2 heterocycles. The highest BCUT2D eigenvalue weighted by Crippen LogP contribution is 2.48. The summed E-state index contributed by atoms with van der Waals surface area (Å²) in [6, 6.07) is 15.5. The maximum atomic E-state index is 14.7. The van der Waals surface area contributed by atoms with E-state index in [1.807, 2.05) is 19.9 Å². The summed E-state index contributed by atoms with van der Waals surface area (Å²) in [6.45, 7) is 4.07. The Morgan fingerprint density at radius 1 is 1.11 bits per heavy atom. The minimum Gasteiger partial charge on any atom is -0.461 e. The van der Waals surface area contributed by atoms with E-state index in [2.05, 4.69) is 10.3 Å². The van der Waals surface area contributed by atoms with E-state index >= 15 is 0 Å². The molecule has 1 fully saturated rings. The minimum atomic E-state index is -0.929. The molecule has 1 saturated heterocycles. The Hall–Kier alpha value is -2.73. The third-order valence-electron chi connectivity index (χ3n) is 5.32. The molecule has 1 amide bonds.